The molecule has 1 heterocycles. The summed E-state index contributed by atoms with van der Waals surface area (Å²) in [5.74, 6) is 0. The molecule has 0 spiro atoms. The highest BCUT2D eigenvalue weighted by Crippen LogP contribution is 2.37. The van der Waals surface area contributed by atoms with Crippen molar-refractivity contribution in [3.8, 4) is 0 Å². The second-order valence-corrected chi connectivity index (χ2v) is 7.19. The van der Waals surface area contributed by atoms with Gasteiger partial charge in [-0.05, 0) is 23.8 Å². The van der Waals surface area contributed by atoms with Gasteiger partial charge in [-0.2, -0.15) is 0 Å². The van der Waals surface area contributed by atoms with E-state index < -0.39 is 0 Å². The Labute approximate surface area is 129 Å². The molecule has 2 unspecified atom stereocenters. The van der Waals surface area contributed by atoms with Gasteiger partial charge < -0.3 is 10.6 Å². The Morgan fingerprint density at radius 2 is 1.76 bits per heavy atom. The van der Waals surface area contributed by atoms with Gasteiger partial charge in [0.1, 0.15) is 0 Å². The lowest BCUT2D eigenvalue weighted by molar-refractivity contribution is 0.0834. The molecule has 3 heteroatoms. The summed E-state index contributed by atoms with van der Waals surface area (Å²) < 4.78 is 0. The van der Waals surface area contributed by atoms with Gasteiger partial charge in [0.2, 0.25) is 0 Å². The molecular formula is C18H29N3. The van der Waals surface area contributed by atoms with Gasteiger partial charge >= 0.3 is 0 Å². The number of benzene rings is 1. The predicted octanol–water partition coefficient (Wildman–Crippen LogP) is 2.32. The SMILES string of the molecule is CC1(CN2CCN(Cc3ccccc3)CC2)CCCC1N. The number of piperazine rings is 1. The van der Waals surface area contributed by atoms with Crippen LogP contribution in [0.2, 0.25) is 0 Å². The summed E-state index contributed by atoms with van der Waals surface area (Å²) in [6, 6.07) is 11.2. The van der Waals surface area contributed by atoms with Gasteiger partial charge in [-0.25, -0.2) is 0 Å². The first-order valence-electron chi connectivity index (χ1n) is 8.40. The van der Waals surface area contributed by atoms with Crippen LogP contribution in [0.3, 0.4) is 0 Å². The maximum Gasteiger partial charge on any atom is 0.0234 e. The van der Waals surface area contributed by atoms with Crippen molar-refractivity contribution in [2.24, 2.45) is 11.1 Å². The predicted molar refractivity (Wildman–Crippen MR) is 88.1 cm³/mol. The van der Waals surface area contributed by atoms with Crippen molar-refractivity contribution < 1.29 is 0 Å². The molecular weight excluding hydrogens is 258 g/mol. The van der Waals surface area contributed by atoms with Crippen molar-refractivity contribution in [2.75, 3.05) is 32.7 Å². The van der Waals surface area contributed by atoms with Crippen LogP contribution >= 0.6 is 0 Å². The fourth-order valence-corrected chi connectivity index (χ4v) is 3.91. The Morgan fingerprint density at radius 3 is 2.38 bits per heavy atom. The minimum absolute atomic E-state index is 0.349. The molecule has 1 aromatic carbocycles. The molecule has 1 aliphatic heterocycles. The lowest BCUT2D eigenvalue weighted by Crippen LogP contribution is -2.51. The number of rotatable bonds is 4. The lowest BCUT2D eigenvalue weighted by Gasteiger charge is -2.40. The first-order valence-corrected chi connectivity index (χ1v) is 8.40. The van der Waals surface area contributed by atoms with Gasteiger partial charge in [0.15, 0.2) is 0 Å². The van der Waals surface area contributed by atoms with E-state index in [0.717, 1.165) is 6.54 Å². The molecule has 116 valence electrons. The second kappa shape index (κ2) is 6.47. The Balaban J connectivity index is 1.47. The second-order valence-electron chi connectivity index (χ2n) is 7.19. The van der Waals surface area contributed by atoms with Crippen molar-refractivity contribution in [1.29, 1.82) is 0 Å². The zero-order valence-corrected chi connectivity index (χ0v) is 13.3. The molecule has 0 amide bonds. The van der Waals surface area contributed by atoms with Crippen LogP contribution in [0.1, 0.15) is 31.7 Å². The minimum atomic E-state index is 0.349. The van der Waals surface area contributed by atoms with E-state index in [0.29, 0.717) is 11.5 Å². The first-order chi connectivity index (χ1) is 10.2. The van der Waals surface area contributed by atoms with E-state index in [2.05, 4.69) is 47.1 Å². The van der Waals surface area contributed by atoms with Gasteiger partial charge in [0.25, 0.3) is 0 Å². The Morgan fingerprint density at radius 1 is 1.10 bits per heavy atom. The summed E-state index contributed by atoms with van der Waals surface area (Å²) in [6.07, 6.45) is 3.83. The molecule has 2 N–H and O–H groups in total. The van der Waals surface area contributed by atoms with E-state index >= 15 is 0 Å². The highest BCUT2D eigenvalue weighted by Gasteiger charge is 2.38. The standard InChI is InChI=1S/C18H29N3/c1-18(9-5-8-17(18)19)15-21-12-10-20(11-13-21)14-16-6-3-2-4-7-16/h2-4,6-7,17H,5,8-15,19H2,1H3. The van der Waals surface area contributed by atoms with Crippen LogP contribution in [0.5, 0.6) is 0 Å². The third-order valence-corrected chi connectivity index (χ3v) is 5.46. The van der Waals surface area contributed by atoms with Crippen LogP contribution in [0.25, 0.3) is 0 Å². The zero-order chi connectivity index (χ0) is 14.7. The fraction of sp³-hybridized carbons (Fsp3) is 0.667. The summed E-state index contributed by atoms with van der Waals surface area (Å²) in [5, 5.41) is 0. The topological polar surface area (TPSA) is 32.5 Å². The van der Waals surface area contributed by atoms with Gasteiger partial charge in [-0.15, -0.1) is 0 Å². The smallest absolute Gasteiger partial charge is 0.0234 e. The van der Waals surface area contributed by atoms with E-state index in [4.69, 9.17) is 5.73 Å². The summed E-state index contributed by atoms with van der Waals surface area (Å²) >= 11 is 0. The van der Waals surface area contributed by atoms with E-state index in [1.807, 2.05) is 0 Å². The molecule has 1 saturated carbocycles. The molecule has 3 rings (SSSR count). The van der Waals surface area contributed by atoms with Crippen LogP contribution in [0, 0.1) is 5.41 Å². The van der Waals surface area contributed by atoms with Crippen LogP contribution in [0.15, 0.2) is 30.3 Å². The van der Waals surface area contributed by atoms with Crippen molar-refractivity contribution in [3.05, 3.63) is 35.9 Å². The molecule has 2 aliphatic rings. The third-order valence-electron chi connectivity index (χ3n) is 5.46. The number of hydrogen-bond acceptors (Lipinski definition) is 3. The largest absolute Gasteiger partial charge is 0.327 e. The van der Waals surface area contributed by atoms with E-state index in [-0.39, 0.29) is 0 Å². The van der Waals surface area contributed by atoms with Crippen LogP contribution in [-0.4, -0.2) is 48.6 Å². The summed E-state index contributed by atoms with van der Waals surface area (Å²) in [5.41, 5.74) is 8.10. The molecule has 0 radical (unpaired) electrons. The number of nitrogens with two attached hydrogens (primary N) is 1. The monoisotopic (exact) mass is 287 g/mol. The molecule has 1 aliphatic carbocycles. The van der Waals surface area contributed by atoms with Gasteiger partial charge in [-0.3, -0.25) is 4.90 Å². The molecule has 0 bridgehead atoms. The maximum atomic E-state index is 6.32. The molecule has 0 aromatic heterocycles. The highest BCUT2D eigenvalue weighted by atomic mass is 15.3. The quantitative estimate of drug-likeness (QED) is 0.922. The maximum absolute atomic E-state index is 6.32. The first kappa shape index (κ1) is 15.0. The fourth-order valence-electron chi connectivity index (χ4n) is 3.91. The lowest BCUT2D eigenvalue weighted by atomic mass is 9.84. The number of hydrogen-bond donors (Lipinski definition) is 1. The molecule has 1 aromatic rings. The molecule has 21 heavy (non-hydrogen) atoms. The van der Waals surface area contributed by atoms with Gasteiger partial charge in [-0.1, -0.05) is 43.7 Å². The van der Waals surface area contributed by atoms with E-state index in [1.54, 1.807) is 0 Å². The van der Waals surface area contributed by atoms with Crippen LogP contribution < -0.4 is 5.73 Å². The van der Waals surface area contributed by atoms with Crippen LogP contribution in [0.4, 0.5) is 0 Å². The van der Waals surface area contributed by atoms with E-state index in [1.165, 1.54) is 57.5 Å². The normalized spacial score (nSPS) is 31.6. The van der Waals surface area contributed by atoms with E-state index in [9.17, 15) is 0 Å². The molecule has 3 nitrogen and oxygen atoms in total. The summed E-state index contributed by atoms with van der Waals surface area (Å²) in [7, 11) is 0. The minimum Gasteiger partial charge on any atom is -0.327 e. The zero-order valence-electron chi connectivity index (χ0n) is 13.3. The van der Waals surface area contributed by atoms with Crippen LogP contribution in [-0.2, 0) is 6.54 Å². The van der Waals surface area contributed by atoms with Crippen molar-refractivity contribution >= 4 is 0 Å². The third kappa shape index (κ3) is 3.65. The average molecular weight is 287 g/mol. The molecule has 2 atom stereocenters. The Hall–Kier alpha value is -0.900. The average Bonchev–Trinajstić information content (AvgIpc) is 2.82. The summed E-state index contributed by atoms with van der Waals surface area (Å²) in [6.45, 7) is 9.41. The van der Waals surface area contributed by atoms with Crippen molar-refractivity contribution in [1.82, 2.24) is 9.80 Å². The number of nitrogens with zero attached hydrogens (tertiary/aromatic N) is 2. The van der Waals surface area contributed by atoms with Gasteiger partial charge in [0, 0.05) is 45.3 Å². The molecule has 2 fully saturated rings. The Kier molecular flexibility index (Phi) is 4.63. The Bertz CT molecular complexity index is 439. The van der Waals surface area contributed by atoms with Gasteiger partial charge in [0.05, 0.1) is 0 Å². The van der Waals surface area contributed by atoms with Crippen molar-refractivity contribution in [2.45, 2.75) is 38.8 Å². The molecule has 1 saturated heterocycles. The van der Waals surface area contributed by atoms with Crippen molar-refractivity contribution in [3.63, 3.8) is 0 Å². The highest BCUT2D eigenvalue weighted by molar-refractivity contribution is 5.14. The summed E-state index contributed by atoms with van der Waals surface area (Å²) in [4.78, 5) is 5.20.